The van der Waals surface area contributed by atoms with Gasteiger partial charge in [-0.3, -0.25) is 4.79 Å². The van der Waals surface area contributed by atoms with E-state index < -0.39 is 10.0 Å². The molecule has 0 aromatic heterocycles. The van der Waals surface area contributed by atoms with Gasteiger partial charge in [0.15, 0.2) is 0 Å². The maximum atomic E-state index is 12.5. The molecule has 0 spiro atoms. The van der Waals surface area contributed by atoms with Crippen molar-refractivity contribution in [2.45, 2.75) is 51.5 Å². The van der Waals surface area contributed by atoms with Gasteiger partial charge in [0, 0.05) is 20.0 Å². The fraction of sp³-hybridized carbons (Fsp3) is 0.409. The van der Waals surface area contributed by atoms with Crippen molar-refractivity contribution < 1.29 is 13.2 Å². The highest BCUT2D eigenvalue weighted by molar-refractivity contribution is 7.89. The number of carbonyl (C=O) groups is 1. The van der Waals surface area contributed by atoms with Gasteiger partial charge in [0.2, 0.25) is 15.9 Å². The third-order valence-electron chi connectivity index (χ3n) is 5.05. The van der Waals surface area contributed by atoms with E-state index in [4.69, 9.17) is 0 Å². The topological polar surface area (TPSA) is 66.5 Å². The minimum absolute atomic E-state index is 0.0735. The Morgan fingerprint density at radius 1 is 1.04 bits per heavy atom. The number of rotatable bonds is 8. The highest BCUT2D eigenvalue weighted by atomic mass is 32.2. The molecule has 0 aliphatic rings. The van der Waals surface area contributed by atoms with Crippen LogP contribution in [0.3, 0.4) is 0 Å². The second-order valence-electron chi connectivity index (χ2n) is 7.33. The average molecular weight is 403 g/mol. The number of nitrogens with one attached hydrogen (secondary N) is 1. The zero-order chi connectivity index (χ0) is 20.9. The number of amides is 1. The van der Waals surface area contributed by atoms with Gasteiger partial charge in [-0.05, 0) is 68.5 Å². The Balaban J connectivity index is 1.88. The lowest BCUT2D eigenvalue weighted by molar-refractivity contribution is -0.121. The summed E-state index contributed by atoms with van der Waals surface area (Å²) in [6, 6.07) is 12.5. The number of aryl methyl sites for hydroxylation is 3. The van der Waals surface area contributed by atoms with Crippen LogP contribution in [0.25, 0.3) is 0 Å². The predicted molar refractivity (Wildman–Crippen MR) is 113 cm³/mol. The van der Waals surface area contributed by atoms with Gasteiger partial charge in [0.1, 0.15) is 0 Å². The molecule has 2 aromatic carbocycles. The minimum Gasteiger partial charge on any atom is -0.350 e. The van der Waals surface area contributed by atoms with Crippen LogP contribution in [0.5, 0.6) is 0 Å². The summed E-state index contributed by atoms with van der Waals surface area (Å²) in [7, 11) is -1.97. The predicted octanol–water partition coefficient (Wildman–Crippen LogP) is 3.89. The van der Waals surface area contributed by atoms with E-state index in [1.807, 2.05) is 13.8 Å². The first-order valence-electron chi connectivity index (χ1n) is 9.51. The summed E-state index contributed by atoms with van der Waals surface area (Å²) in [6.07, 6.45) is 0.746. The molecular weight excluding hydrogens is 372 g/mol. The lowest BCUT2D eigenvalue weighted by Gasteiger charge is -2.19. The van der Waals surface area contributed by atoms with Crippen molar-refractivity contribution in [1.29, 1.82) is 0 Å². The molecule has 1 N–H and O–H groups in total. The van der Waals surface area contributed by atoms with Crippen LogP contribution in [-0.4, -0.2) is 32.2 Å². The first-order chi connectivity index (χ1) is 13.1. The van der Waals surface area contributed by atoms with E-state index in [1.54, 1.807) is 37.4 Å². The second-order valence-corrected chi connectivity index (χ2v) is 9.37. The summed E-state index contributed by atoms with van der Waals surface area (Å²) in [5.74, 6) is -0.0735. The zero-order valence-electron chi connectivity index (χ0n) is 17.3. The van der Waals surface area contributed by atoms with Crippen LogP contribution in [0.4, 0.5) is 0 Å². The second kappa shape index (κ2) is 9.34. The first-order valence-corrected chi connectivity index (χ1v) is 11.0. The Labute approximate surface area is 168 Å². The Bertz CT molecular complexity index is 924. The monoisotopic (exact) mass is 402 g/mol. The summed E-state index contributed by atoms with van der Waals surface area (Å²) >= 11 is 0. The molecule has 1 unspecified atom stereocenters. The van der Waals surface area contributed by atoms with Gasteiger partial charge in [-0.1, -0.05) is 30.3 Å². The lowest BCUT2D eigenvalue weighted by Crippen LogP contribution is -2.30. The summed E-state index contributed by atoms with van der Waals surface area (Å²) in [5, 5.41) is 3.02. The van der Waals surface area contributed by atoms with E-state index >= 15 is 0 Å². The van der Waals surface area contributed by atoms with Crippen LogP contribution in [0.1, 0.15) is 48.1 Å². The van der Waals surface area contributed by atoms with Gasteiger partial charge in [-0.2, -0.15) is 0 Å². The average Bonchev–Trinajstić information content (AvgIpc) is 2.65. The minimum atomic E-state index is -3.52. The Morgan fingerprint density at radius 3 is 2.29 bits per heavy atom. The van der Waals surface area contributed by atoms with Crippen LogP contribution in [0, 0.1) is 20.8 Å². The molecule has 0 fully saturated rings. The van der Waals surface area contributed by atoms with Crippen molar-refractivity contribution in [3.63, 3.8) is 0 Å². The maximum Gasteiger partial charge on any atom is 0.242 e. The molecule has 0 aliphatic heterocycles. The van der Waals surface area contributed by atoms with Gasteiger partial charge < -0.3 is 5.32 Å². The Morgan fingerprint density at radius 2 is 1.64 bits per heavy atom. The van der Waals surface area contributed by atoms with Crippen molar-refractivity contribution >= 4 is 15.9 Å². The van der Waals surface area contributed by atoms with Crippen LogP contribution in [0.15, 0.2) is 47.4 Å². The van der Waals surface area contributed by atoms with E-state index in [1.165, 1.54) is 15.4 Å². The number of hydrogen-bond donors (Lipinski definition) is 1. The molecule has 0 saturated heterocycles. The summed E-state index contributed by atoms with van der Waals surface area (Å²) in [6.45, 7) is 8.46. The van der Waals surface area contributed by atoms with Gasteiger partial charge in [0.25, 0.3) is 0 Å². The molecule has 6 heteroatoms. The molecule has 0 heterocycles. The van der Waals surface area contributed by atoms with Crippen LogP contribution in [-0.2, 0) is 14.8 Å². The number of benzene rings is 2. The van der Waals surface area contributed by atoms with Crippen molar-refractivity contribution in [2.75, 3.05) is 13.6 Å². The third-order valence-corrected chi connectivity index (χ3v) is 6.93. The fourth-order valence-corrected chi connectivity index (χ4v) is 4.43. The van der Waals surface area contributed by atoms with E-state index in [0.29, 0.717) is 13.0 Å². The molecule has 1 amide bonds. The molecule has 5 nitrogen and oxygen atoms in total. The SMILES string of the molecule is Cc1cc(C)c(C(C)NC(=O)CCCN(C)S(=O)(=O)c2ccccc2)cc1C. The van der Waals surface area contributed by atoms with E-state index in [-0.39, 0.29) is 23.3 Å². The molecule has 0 saturated carbocycles. The summed E-state index contributed by atoms with van der Waals surface area (Å²) in [4.78, 5) is 12.6. The molecule has 0 aliphatic carbocycles. The van der Waals surface area contributed by atoms with Crippen molar-refractivity contribution in [3.05, 3.63) is 64.7 Å². The summed E-state index contributed by atoms with van der Waals surface area (Å²) in [5.41, 5.74) is 4.71. The van der Waals surface area contributed by atoms with Crippen LogP contribution >= 0.6 is 0 Å². The third kappa shape index (κ3) is 5.42. The number of hydrogen-bond acceptors (Lipinski definition) is 3. The van der Waals surface area contributed by atoms with Crippen LogP contribution in [0.2, 0.25) is 0 Å². The van der Waals surface area contributed by atoms with Gasteiger partial charge in [-0.25, -0.2) is 12.7 Å². The molecule has 2 aromatic rings. The standard InChI is InChI=1S/C22H30N2O3S/c1-16-14-18(3)21(15-17(16)2)19(4)23-22(25)12-9-13-24(5)28(26,27)20-10-7-6-8-11-20/h6-8,10-11,14-15,19H,9,12-13H2,1-5H3,(H,23,25). The molecule has 2 rings (SSSR count). The number of carbonyl (C=O) groups excluding carboxylic acids is 1. The fourth-order valence-electron chi connectivity index (χ4n) is 3.20. The maximum absolute atomic E-state index is 12.5. The molecule has 152 valence electrons. The van der Waals surface area contributed by atoms with Gasteiger partial charge >= 0.3 is 0 Å². The molecular formula is C22H30N2O3S. The Kier molecular flexibility index (Phi) is 7.38. The van der Waals surface area contributed by atoms with E-state index in [9.17, 15) is 13.2 Å². The first kappa shape index (κ1) is 22.1. The number of nitrogens with zero attached hydrogens (tertiary/aromatic N) is 1. The van der Waals surface area contributed by atoms with E-state index in [2.05, 4.69) is 31.3 Å². The molecule has 1 atom stereocenters. The smallest absolute Gasteiger partial charge is 0.242 e. The van der Waals surface area contributed by atoms with Crippen molar-refractivity contribution in [3.8, 4) is 0 Å². The highest BCUT2D eigenvalue weighted by Gasteiger charge is 2.20. The number of sulfonamides is 1. The normalized spacial score (nSPS) is 12.8. The van der Waals surface area contributed by atoms with E-state index in [0.717, 1.165) is 11.1 Å². The van der Waals surface area contributed by atoms with Gasteiger partial charge in [-0.15, -0.1) is 0 Å². The Hall–Kier alpha value is -2.18. The molecule has 0 radical (unpaired) electrons. The highest BCUT2D eigenvalue weighted by Crippen LogP contribution is 2.22. The molecule has 28 heavy (non-hydrogen) atoms. The van der Waals surface area contributed by atoms with Gasteiger partial charge in [0.05, 0.1) is 10.9 Å². The molecule has 0 bridgehead atoms. The quantitative estimate of drug-likeness (QED) is 0.728. The largest absolute Gasteiger partial charge is 0.350 e. The lowest BCUT2D eigenvalue weighted by atomic mass is 9.96. The van der Waals surface area contributed by atoms with Crippen LogP contribution < -0.4 is 5.32 Å². The summed E-state index contributed by atoms with van der Waals surface area (Å²) < 4.78 is 26.3. The zero-order valence-corrected chi connectivity index (χ0v) is 18.1. The van der Waals surface area contributed by atoms with Crippen molar-refractivity contribution in [1.82, 2.24) is 9.62 Å². The van der Waals surface area contributed by atoms with Crippen molar-refractivity contribution in [2.24, 2.45) is 0 Å².